The summed E-state index contributed by atoms with van der Waals surface area (Å²) < 4.78 is 27.0. The number of amides is 1. The van der Waals surface area contributed by atoms with E-state index in [-0.39, 0.29) is 17.6 Å². The third-order valence-electron chi connectivity index (χ3n) is 5.76. The molecule has 0 aromatic heterocycles. The van der Waals surface area contributed by atoms with E-state index in [9.17, 15) is 13.2 Å². The van der Waals surface area contributed by atoms with Crippen LogP contribution in [-0.4, -0.2) is 38.3 Å². The van der Waals surface area contributed by atoms with Crippen molar-refractivity contribution in [2.75, 3.05) is 19.6 Å². The van der Waals surface area contributed by atoms with Crippen molar-refractivity contribution >= 4 is 15.9 Å². The molecule has 1 amide bonds. The maximum atomic E-state index is 12.7. The molecule has 1 aliphatic rings. The summed E-state index contributed by atoms with van der Waals surface area (Å²) in [7, 11) is -3.34. The predicted octanol–water partition coefficient (Wildman–Crippen LogP) is 3.87. The largest absolute Gasteiger partial charge is 0.356 e. The van der Waals surface area contributed by atoms with Gasteiger partial charge in [0.25, 0.3) is 0 Å². The first kappa shape index (κ1) is 22.9. The highest BCUT2D eigenvalue weighted by atomic mass is 32.2. The Morgan fingerprint density at radius 3 is 2.57 bits per heavy atom. The molecule has 1 N–H and O–H groups in total. The lowest BCUT2D eigenvalue weighted by atomic mass is 9.95. The molecule has 0 saturated carbocycles. The molecule has 2 rings (SSSR count). The minimum Gasteiger partial charge on any atom is -0.356 e. The van der Waals surface area contributed by atoms with E-state index in [1.807, 2.05) is 31.2 Å². The van der Waals surface area contributed by atoms with Crippen molar-refractivity contribution in [3.05, 3.63) is 35.4 Å². The highest BCUT2D eigenvalue weighted by Crippen LogP contribution is 2.22. The number of rotatable bonds is 10. The summed E-state index contributed by atoms with van der Waals surface area (Å²) in [6.07, 6.45) is 5.82. The van der Waals surface area contributed by atoms with Crippen LogP contribution in [0.25, 0.3) is 0 Å². The van der Waals surface area contributed by atoms with Crippen LogP contribution in [0.5, 0.6) is 0 Å². The van der Waals surface area contributed by atoms with Crippen LogP contribution in [0.15, 0.2) is 24.3 Å². The summed E-state index contributed by atoms with van der Waals surface area (Å²) in [5.41, 5.74) is 1.88. The normalized spacial score (nSPS) is 17.4. The van der Waals surface area contributed by atoms with Crippen LogP contribution in [0.2, 0.25) is 0 Å². The third-order valence-corrected chi connectivity index (χ3v) is 7.61. The van der Waals surface area contributed by atoms with Crippen molar-refractivity contribution in [3.63, 3.8) is 0 Å². The molecule has 0 unspecified atom stereocenters. The number of hydrogen-bond acceptors (Lipinski definition) is 3. The zero-order valence-corrected chi connectivity index (χ0v) is 18.4. The van der Waals surface area contributed by atoms with Crippen LogP contribution in [0.4, 0.5) is 0 Å². The van der Waals surface area contributed by atoms with Crippen molar-refractivity contribution in [2.24, 2.45) is 11.8 Å². The minimum atomic E-state index is -3.34. The fourth-order valence-electron chi connectivity index (χ4n) is 3.83. The summed E-state index contributed by atoms with van der Waals surface area (Å²) >= 11 is 0. The lowest BCUT2D eigenvalue weighted by molar-refractivity contribution is -0.126. The molecule has 28 heavy (non-hydrogen) atoms. The first-order valence-electron chi connectivity index (χ1n) is 10.7. The summed E-state index contributed by atoms with van der Waals surface area (Å²) in [4.78, 5) is 12.5. The Labute approximate surface area is 170 Å². The number of sulfonamides is 1. The van der Waals surface area contributed by atoms with E-state index in [0.717, 1.165) is 30.5 Å². The van der Waals surface area contributed by atoms with Gasteiger partial charge in [-0.05, 0) is 37.7 Å². The van der Waals surface area contributed by atoms with Gasteiger partial charge in [0.05, 0.1) is 5.75 Å². The number of nitrogens with one attached hydrogen (secondary N) is 1. The van der Waals surface area contributed by atoms with Gasteiger partial charge in [0.1, 0.15) is 0 Å². The van der Waals surface area contributed by atoms with E-state index in [1.54, 1.807) is 4.31 Å². The van der Waals surface area contributed by atoms with Crippen LogP contribution in [-0.2, 0) is 20.6 Å². The van der Waals surface area contributed by atoms with Gasteiger partial charge in [-0.2, -0.15) is 0 Å². The molecule has 1 fully saturated rings. The highest BCUT2D eigenvalue weighted by Gasteiger charge is 2.31. The Hall–Kier alpha value is -1.40. The Kier molecular flexibility index (Phi) is 8.96. The van der Waals surface area contributed by atoms with Gasteiger partial charge in [-0.1, -0.05) is 62.9 Å². The van der Waals surface area contributed by atoms with Crippen LogP contribution in [0.3, 0.4) is 0 Å². The zero-order valence-electron chi connectivity index (χ0n) is 17.6. The molecular formula is C22H36N2O3S. The van der Waals surface area contributed by atoms with Crippen molar-refractivity contribution in [3.8, 4) is 0 Å². The van der Waals surface area contributed by atoms with Crippen molar-refractivity contribution < 1.29 is 13.2 Å². The Balaban J connectivity index is 1.81. The third kappa shape index (κ3) is 6.89. The smallest absolute Gasteiger partial charge is 0.223 e. The second-order valence-corrected chi connectivity index (χ2v) is 10.0. The Bertz CT molecular complexity index is 725. The highest BCUT2D eigenvalue weighted by molar-refractivity contribution is 7.88. The summed E-state index contributed by atoms with van der Waals surface area (Å²) in [5.74, 6) is 0.583. The molecule has 158 valence electrons. The number of hydrogen-bond donors (Lipinski definition) is 1. The van der Waals surface area contributed by atoms with E-state index < -0.39 is 10.0 Å². The average molecular weight is 409 g/mol. The van der Waals surface area contributed by atoms with Crippen molar-refractivity contribution in [1.82, 2.24) is 9.62 Å². The molecule has 0 bridgehead atoms. The van der Waals surface area contributed by atoms with Gasteiger partial charge in [-0.3, -0.25) is 4.79 Å². The summed E-state index contributed by atoms with van der Waals surface area (Å²) in [6.45, 7) is 7.92. The quantitative estimate of drug-likeness (QED) is 0.639. The van der Waals surface area contributed by atoms with E-state index in [4.69, 9.17) is 0 Å². The fourth-order valence-corrected chi connectivity index (χ4v) is 5.38. The maximum Gasteiger partial charge on any atom is 0.223 e. The summed E-state index contributed by atoms with van der Waals surface area (Å²) in [6, 6.07) is 7.63. The molecule has 1 atom stereocenters. The monoisotopic (exact) mass is 408 g/mol. The van der Waals surface area contributed by atoms with E-state index in [1.165, 1.54) is 12.8 Å². The van der Waals surface area contributed by atoms with E-state index in [0.29, 0.717) is 31.8 Å². The molecule has 1 aromatic carbocycles. The van der Waals surface area contributed by atoms with E-state index in [2.05, 4.69) is 19.2 Å². The van der Waals surface area contributed by atoms with Gasteiger partial charge in [-0.15, -0.1) is 0 Å². The maximum absolute atomic E-state index is 12.7. The number of nitrogens with zero attached hydrogens (tertiary/aromatic N) is 1. The fraction of sp³-hybridized carbons (Fsp3) is 0.682. The van der Waals surface area contributed by atoms with Gasteiger partial charge in [0, 0.05) is 25.6 Å². The summed E-state index contributed by atoms with van der Waals surface area (Å²) in [5, 5.41) is 3.11. The van der Waals surface area contributed by atoms with Crippen LogP contribution in [0.1, 0.15) is 63.5 Å². The molecular weight excluding hydrogens is 372 g/mol. The first-order valence-corrected chi connectivity index (χ1v) is 12.3. The van der Waals surface area contributed by atoms with Crippen molar-refractivity contribution in [2.45, 2.75) is 65.0 Å². The number of carbonyl (C=O) groups is 1. The molecule has 0 spiro atoms. The topological polar surface area (TPSA) is 66.5 Å². The lowest BCUT2D eigenvalue weighted by Gasteiger charge is -2.31. The first-order chi connectivity index (χ1) is 13.4. The zero-order chi connectivity index (χ0) is 20.6. The molecule has 1 heterocycles. The van der Waals surface area contributed by atoms with Crippen LogP contribution in [0, 0.1) is 18.8 Å². The second-order valence-electron chi connectivity index (χ2n) is 8.08. The molecule has 0 radical (unpaired) electrons. The lowest BCUT2D eigenvalue weighted by Crippen LogP contribution is -2.44. The van der Waals surface area contributed by atoms with Gasteiger partial charge in [-0.25, -0.2) is 12.7 Å². The standard InChI is InChI=1S/C22H36N2O3S/c1-4-6-9-19(5-2)16-23-22(25)21-11-13-24(14-12-21)28(26,27)17-20-10-7-8-18(3)15-20/h7-8,10,15,19,21H,4-6,9,11-14,16-17H2,1-3H3,(H,23,25)/t19-/m1/s1. The molecule has 6 heteroatoms. The Morgan fingerprint density at radius 1 is 1.25 bits per heavy atom. The second kappa shape index (κ2) is 11.0. The van der Waals surface area contributed by atoms with Gasteiger partial charge >= 0.3 is 0 Å². The number of unbranched alkanes of at least 4 members (excludes halogenated alkanes) is 1. The van der Waals surface area contributed by atoms with Crippen LogP contribution >= 0.6 is 0 Å². The Morgan fingerprint density at radius 2 is 1.96 bits per heavy atom. The number of benzene rings is 1. The van der Waals surface area contributed by atoms with Gasteiger partial charge < -0.3 is 5.32 Å². The van der Waals surface area contributed by atoms with Gasteiger partial charge in [0.2, 0.25) is 15.9 Å². The minimum absolute atomic E-state index is 0.0289. The SMILES string of the molecule is CCCC[C@@H](CC)CNC(=O)C1CCN(S(=O)(=O)Cc2cccc(C)c2)CC1. The average Bonchev–Trinajstić information content (AvgIpc) is 2.67. The number of aryl methyl sites for hydroxylation is 1. The van der Waals surface area contributed by atoms with E-state index >= 15 is 0 Å². The molecule has 5 nitrogen and oxygen atoms in total. The predicted molar refractivity (Wildman–Crippen MR) is 114 cm³/mol. The van der Waals surface area contributed by atoms with Gasteiger partial charge in [0.15, 0.2) is 0 Å². The van der Waals surface area contributed by atoms with Crippen molar-refractivity contribution in [1.29, 1.82) is 0 Å². The number of piperidine rings is 1. The van der Waals surface area contributed by atoms with Crippen LogP contribution < -0.4 is 5.32 Å². The molecule has 1 aromatic rings. The number of carbonyl (C=O) groups excluding carboxylic acids is 1. The molecule has 1 saturated heterocycles. The molecule has 0 aliphatic carbocycles. The molecule has 1 aliphatic heterocycles.